The summed E-state index contributed by atoms with van der Waals surface area (Å²) in [5.74, 6) is 0. The molecule has 0 saturated heterocycles. The molecule has 0 aliphatic carbocycles. The standard InChI is InChI=1S/C58H37NO/c1-2-12-42-33-46(28-25-38(42)11-1)40-29-31-48(32-30-40)59(55-21-10-22-56-58(55)54-35-44-13-3-4-14-45(44)37-57(54)60-56)49-17-9-16-43(34-49)39-23-26-41(27-24-39)53-36-47-15-5-6-18-50(47)51-19-7-8-20-52(51)53/h1-37H. The second-order valence-corrected chi connectivity index (χ2v) is 15.7. The number of hydrogen-bond acceptors (Lipinski definition) is 2. The second kappa shape index (κ2) is 13.9. The first-order valence-electron chi connectivity index (χ1n) is 20.6. The fourth-order valence-corrected chi connectivity index (χ4v) is 9.24. The molecule has 0 radical (unpaired) electrons. The van der Waals surface area contributed by atoms with Crippen molar-refractivity contribution < 1.29 is 4.42 Å². The van der Waals surface area contributed by atoms with E-state index >= 15 is 0 Å². The maximum atomic E-state index is 6.60. The van der Waals surface area contributed by atoms with Gasteiger partial charge in [-0.05, 0) is 137 Å². The average Bonchev–Trinajstić information content (AvgIpc) is 3.69. The minimum atomic E-state index is 0.864. The molecule has 0 unspecified atom stereocenters. The molecule has 0 aliphatic heterocycles. The van der Waals surface area contributed by atoms with Gasteiger partial charge < -0.3 is 9.32 Å². The van der Waals surface area contributed by atoms with Crippen LogP contribution in [0.5, 0.6) is 0 Å². The zero-order chi connectivity index (χ0) is 39.6. The third kappa shape index (κ3) is 5.73. The fourth-order valence-electron chi connectivity index (χ4n) is 9.24. The minimum absolute atomic E-state index is 0.864. The summed E-state index contributed by atoms with van der Waals surface area (Å²) in [4.78, 5) is 2.38. The number of fused-ring (bicyclic) bond motifs is 8. The van der Waals surface area contributed by atoms with Crippen molar-refractivity contribution >= 4 is 82.1 Å². The largest absolute Gasteiger partial charge is 0.456 e. The summed E-state index contributed by atoms with van der Waals surface area (Å²) in [6, 6.07) is 81.3. The first-order valence-corrected chi connectivity index (χ1v) is 20.6. The summed E-state index contributed by atoms with van der Waals surface area (Å²) in [7, 11) is 0. The summed E-state index contributed by atoms with van der Waals surface area (Å²) >= 11 is 0. The molecule has 2 heteroatoms. The van der Waals surface area contributed by atoms with Gasteiger partial charge in [-0.25, -0.2) is 0 Å². The molecule has 0 bridgehead atoms. The van der Waals surface area contributed by atoms with Gasteiger partial charge in [-0.15, -0.1) is 0 Å². The molecule has 1 heterocycles. The maximum absolute atomic E-state index is 6.60. The van der Waals surface area contributed by atoms with Gasteiger partial charge in [-0.3, -0.25) is 0 Å². The van der Waals surface area contributed by atoms with Crippen molar-refractivity contribution in [2.75, 3.05) is 4.90 Å². The quantitative estimate of drug-likeness (QED) is 0.157. The van der Waals surface area contributed by atoms with E-state index in [-0.39, 0.29) is 0 Å². The van der Waals surface area contributed by atoms with Gasteiger partial charge in [0.2, 0.25) is 0 Å². The zero-order valence-corrected chi connectivity index (χ0v) is 32.7. The van der Waals surface area contributed by atoms with E-state index < -0.39 is 0 Å². The van der Waals surface area contributed by atoms with Crippen molar-refractivity contribution in [3.63, 3.8) is 0 Å². The number of benzene rings is 11. The molecule has 0 saturated carbocycles. The van der Waals surface area contributed by atoms with E-state index in [9.17, 15) is 0 Å². The van der Waals surface area contributed by atoms with Crippen LogP contribution >= 0.6 is 0 Å². The smallest absolute Gasteiger partial charge is 0.137 e. The summed E-state index contributed by atoms with van der Waals surface area (Å²) in [6.45, 7) is 0. The van der Waals surface area contributed by atoms with E-state index in [1.165, 1.54) is 65.3 Å². The zero-order valence-electron chi connectivity index (χ0n) is 32.7. The minimum Gasteiger partial charge on any atom is -0.456 e. The Kier molecular flexibility index (Phi) is 7.89. The van der Waals surface area contributed by atoms with Crippen LogP contribution in [0.15, 0.2) is 229 Å². The lowest BCUT2D eigenvalue weighted by molar-refractivity contribution is 0.669. The highest BCUT2D eigenvalue weighted by Gasteiger charge is 2.21. The first kappa shape index (κ1) is 34.1. The van der Waals surface area contributed by atoms with Crippen molar-refractivity contribution in [2.45, 2.75) is 0 Å². The first-order chi connectivity index (χ1) is 29.7. The Balaban J connectivity index is 0.989. The maximum Gasteiger partial charge on any atom is 0.137 e. The molecular weight excluding hydrogens is 727 g/mol. The van der Waals surface area contributed by atoms with E-state index in [1.807, 2.05) is 0 Å². The van der Waals surface area contributed by atoms with E-state index in [2.05, 4.69) is 229 Å². The number of nitrogens with zero attached hydrogens (tertiary/aromatic N) is 1. The number of hydrogen-bond donors (Lipinski definition) is 0. The molecule has 11 aromatic carbocycles. The number of furan rings is 1. The Morgan fingerprint density at radius 3 is 1.65 bits per heavy atom. The highest BCUT2D eigenvalue weighted by Crippen LogP contribution is 2.45. The molecule has 0 fully saturated rings. The highest BCUT2D eigenvalue weighted by atomic mass is 16.3. The van der Waals surface area contributed by atoms with Gasteiger partial charge in [0.05, 0.1) is 11.1 Å². The lowest BCUT2D eigenvalue weighted by Crippen LogP contribution is -2.10. The van der Waals surface area contributed by atoms with Crippen molar-refractivity contribution in [3.8, 4) is 33.4 Å². The van der Waals surface area contributed by atoms with Gasteiger partial charge in [0, 0.05) is 16.8 Å². The normalized spacial score (nSPS) is 11.7. The summed E-state index contributed by atoms with van der Waals surface area (Å²) in [6.07, 6.45) is 0. The van der Waals surface area contributed by atoms with Crippen LogP contribution in [0.4, 0.5) is 17.1 Å². The van der Waals surface area contributed by atoms with Crippen molar-refractivity contribution in [1.82, 2.24) is 0 Å². The van der Waals surface area contributed by atoms with Gasteiger partial charge in [-0.1, -0.05) is 164 Å². The Hall–Kier alpha value is -7.94. The SMILES string of the molecule is c1cc(-c2ccc(-c3cc4ccccc4c4ccccc34)cc2)cc(N(c2ccc(-c3ccc4ccccc4c3)cc2)c2cccc3oc4cc5ccccc5cc4c23)c1. The molecular formula is C58H37NO. The molecule has 0 amide bonds. The van der Waals surface area contributed by atoms with Crippen LogP contribution in [0.3, 0.4) is 0 Å². The molecule has 0 aliphatic rings. The summed E-state index contributed by atoms with van der Waals surface area (Å²) in [5, 5.41) is 12.1. The highest BCUT2D eigenvalue weighted by molar-refractivity contribution is 6.17. The monoisotopic (exact) mass is 763 g/mol. The lowest BCUT2D eigenvalue weighted by atomic mass is 9.92. The third-order valence-corrected chi connectivity index (χ3v) is 12.2. The fraction of sp³-hybridized carbons (Fsp3) is 0. The molecule has 2 nitrogen and oxygen atoms in total. The molecule has 280 valence electrons. The molecule has 0 atom stereocenters. The van der Waals surface area contributed by atoms with Crippen LogP contribution in [-0.4, -0.2) is 0 Å². The summed E-state index contributed by atoms with van der Waals surface area (Å²) in [5.41, 5.74) is 12.1. The van der Waals surface area contributed by atoms with Crippen LogP contribution in [0, 0.1) is 0 Å². The van der Waals surface area contributed by atoms with Gasteiger partial charge in [0.15, 0.2) is 0 Å². The average molecular weight is 764 g/mol. The van der Waals surface area contributed by atoms with Gasteiger partial charge in [0.1, 0.15) is 11.2 Å². The lowest BCUT2D eigenvalue weighted by Gasteiger charge is -2.27. The molecule has 0 spiro atoms. The Morgan fingerprint density at radius 2 is 0.867 bits per heavy atom. The Bertz CT molecular complexity index is 3600. The Morgan fingerprint density at radius 1 is 0.283 bits per heavy atom. The van der Waals surface area contributed by atoms with Gasteiger partial charge >= 0.3 is 0 Å². The van der Waals surface area contributed by atoms with Crippen LogP contribution in [0.25, 0.3) is 98.4 Å². The molecule has 12 aromatic rings. The molecule has 1 aromatic heterocycles. The van der Waals surface area contributed by atoms with E-state index in [1.54, 1.807) is 0 Å². The second-order valence-electron chi connectivity index (χ2n) is 15.7. The topological polar surface area (TPSA) is 16.4 Å². The van der Waals surface area contributed by atoms with Crippen LogP contribution in [-0.2, 0) is 0 Å². The molecule has 60 heavy (non-hydrogen) atoms. The Labute approximate surface area is 347 Å². The van der Waals surface area contributed by atoms with E-state index in [4.69, 9.17) is 4.42 Å². The van der Waals surface area contributed by atoms with E-state index in [0.717, 1.165) is 50.1 Å². The van der Waals surface area contributed by atoms with Crippen molar-refractivity contribution in [1.29, 1.82) is 0 Å². The number of anilines is 3. The van der Waals surface area contributed by atoms with Crippen molar-refractivity contribution in [3.05, 3.63) is 224 Å². The third-order valence-electron chi connectivity index (χ3n) is 12.2. The predicted molar refractivity (Wildman–Crippen MR) is 255 cm³/mol. The predicted octanol–water partition coefficient (Wildman–Crippen LogP) is 16.7. The van der Waals surface area contributed by atoms with E-state index in [0.29, 0.717) is 0 Å². The van der Waals surface area contributed by atoms with Gasteiger partial charge in [-0.2, -0.15) is 0 Å². The summed E-state index contributed by atoms with van der Waals surface area (Å²) < 4.78 is 6.60. The number of rotatable bonds is 6. The molecule has 12 rings (SSSR count). The van der Waals surface area contributed by atoms with Crippen LogP contribution in [0.2, 0.25) is 0 Å². The van der Waals surface area contributed by atoms with Gasteiger partial charge in [0.25, 0.3) is 0 Å². The van der Waals surface area contributed by atoms with Crippen LogP contribution < -0.4 is 4.90 Å². The van der Waals surface area contributed by atoms with Crippen LogP contribution in [0.1, 0.15) is 0 Å². The molecule has 0 N–H and O–H groups in total. The van der Waals surface area contributed by atoms with Crippen molar-refractivity contribution in [2.24, 2.45) is 0 Å².